The molecule has 1 aliphatic rings. The Labute approximate surface area is 168 Å². The van der Waals surface area contributed by atoms with Gasteiger partial charge in [0.15, 0.2) is 16.7 Å². The molecule has 0 bridgehead atoms. The van der Waals surface area contributed by atoms with Gasteiger partial charge in [-0.3, -0.25) is 9.20 Å². The van der Waals surface area contributed by atoms with E-state index in [-0.39, 0.29) is 5.91 Å². The molecule has 0 N–H and O–H groups in total. The van der Waals surface area contributed by atoms with Crippen LogP contribution in [0.4, 0.5) is 0 Å². The summed E-state index contributed by atoms with van der Waals surface area (Å²) in [5.41, 5.74) is 3.68. The van der Waals surface area contributed by atoms with E-state index in [9.17, 15) is 4.79 Å². The summed E-state index contributed by atoms with van der Waals surface area (Å²) >= 11 is 6.23. The van der Waals surface area contributed by atoms with Crippen LogP contribution in [-0.2, 0) is 17.8 Å². The fraction of sp³-hybridized carbons (Fsp3) is 0.238. The molecule has 144 valence electrons. The fourth-order valence-electron chi connectivity index (χ4n) is 3.46. The van der Waals surface area contributed by atoms with E-state index in [0.29, 0.717) is 35.4 Å². The molecule has 3 heterocycles. The summed E-state index contributed by atoms with van der Waals surface area (Å²) in [5.74, 6) is 1.31. The molecular weight excluding hydrogens is 378 g/mol. The number of fused-ring (bicyclic) bond motifs is 2. The van der Waals surface area contributed by atoms with Gasteiger partial charge in [-0.15, -0.1) is 0 Å². The Balaban J connectivity index is 1.55. The van der Waals surface area contributed by atoms with E-state index in [1.807, 2.05) is 45.8 Å². The van der Waals surface area contributed by atoms with Gasteiger partial charge in [-0.05, 0) is 47.9 Å². The molecule has 7 heteroatoms. The van der Waals surface area contributed by atoms with Crippen LogP contribution < -0.4 is 9.47 Å². The van der Waals surface area contributed by atoms with Gasteiger partial charge in [-0.25, -0.2) is 4.98 Å². The Morgan fingerprint density at radius 3 is 2.68 bits per heavy atom. The van der Waals surface area contributed by atoms with Crippen molar-refractivity contribution in [1.29, 1.82) is 0 Å². The van der Waals surface area contributed by atoms with E-state index >= 15 is 0 Å². The summed E-state index contributed by atoms with van der Waals surface area (Å²) in [4.78, 5) is 18.8. The Hall–Kier alpha value is -2.99. The highest BCUT2D eigenvalue weighted by atomic mass is 35.5. The number of carbonyl (C=O) groups excluding carboxylic acids is 1. The largest absolute Gasteiger partial charge is 0.493 e. The minimum absolute atomic E-state index is 0.0672. The van der Waals surface area contributed by atoms with Crippen LogP contribution in [0.25, 0.3) is 11.7 Å². The number of imidazole rings is 1. The molecule has 0 spiro atoms. The number of benzene rings is 1. The quantitative estimate of drug-likeness (QED) is 0.631. The highest BCUT2D eigenvalue weighted by Crippen LogP contribution is 2.33. The van der Waals surface area contributed by atoms with E-state index in [1.165, 1.54) is 5.56 Å². The number of carbonyl (C=O) groups is 1. The first-order valence-corrected chi connectivity index (χ1v) is 9.32. The molecule has 3 aromatic rings. The number of halogens is 1. The molecule has 0 radical (unpaired) electrons. The minimum atomic E-state index is -0.0672. The number of rotatable bonds is 4. The highest BCUT2D eigenvalue weighted by Gasteiger charge is 2.22. The Bertz CT molecular complexity index is 1070. The summed E-state index contributed by atoms with van der Waals surface area (Å²) in [7, 11) is 3.23. The van der Waals surface area contributed by atoms with E-state index in [4.69, 9.17) is 21.1 Å². The molecule has 4 rings (SSSR count). The molecule has 1 amide bonds. The molecule has 1 aliphatic heterocycles. The van der Waals surface area contributed by atoms with Crippen LogP contribution in [0.15, 0.2) is 42.6 Å². The van der Waals surface area contributed by atoms with E-state index in [1.54, 1.807) is 26.4 Å². The second-order valence-electron chi connectivity index (χ2n) is 6.54. The Morgan fingerprint density at radius 1 is 1.18 bits per heavy atom. The minimum Gasteiger partial charge on any atom is -0.493 e. The van der Waals surface area contributed by atoms with Crippen LogP contribution >= 0.6 is 11.6 Å². The Morgan fingerprint density at radius 2 is 1.93 bits per heavy atom. The molecule has 6 nitrogen and oxygen atoms in total. The van der Waals surface area contributed by atoms with E-state index < -0.39 is 0 Å². The Kier molecular flexibility index (Phi) is 4.96. The van der Waals surface area contributed by atoms with Gasteiger partial charge in [-0.2, -0.15) is 0 Å². The van der Waals surface area contributed by atoms with Gasteiger partial charge < -0.3 is 14.4 Å². The number of aromatic nitrogens is 2. The number of pyridine rings is 1. The van der Waals surface area contributed by atoms with Gasteiger partial charge in [0.2, 0.25) is 5.91 Å². The molecule has 0 unspecified atom stereocenters. The van der Waals surface area contributed by atoms with Crippen LogP contribution in [0.5, 0.6) is 11.5 Å². The van der Waals surface area contributed by atoms with Crippen molar-refractivity contribution >= 4 is 29.2 Å². The van der Waals surface area contributed by atoms with Crippen molar-refractivity contribution < 1.29 is 14.3 Å². The number of nitrogens with zero attached hydrogens (tertiary/aromatic N) is 3. The van der Waals surface area contributed by atoms with Crippen molar-refractivity contribution in [1.82, 2.24) is 14.3 Å². The molecule has 0 fully saturated rings. The molecule has 0 aliphatic carbocycles. The summed E-state index contributed by atoms with van der Waals surface area (Å²) in [6, 6.07) is 9.59. The standard InChI is InChI=1S/C21H20ClN3O3/c1-27-17-11-14-8-10-24(13-15(14)12-18(17)28-2)20(26)7-6-16-21(22)23-19-5-3-4-9-25(16)19/h3-7,9,11-12H,8,10,13H2,1-2H3/b7-6+. The summed E-state index contributed by atoms with van der Waals surface area (Å²) < 4.78 is 12.6. The maximum atomic E-state index is 12.7. The third-order valence-corrected chi connectivity index (χ3v) is 5.21. The highest BCUT2D eigenvalue weighted by molar-refractivity contribution is 6.31. The van der Waals surface area contributed by atoms with Crippen LogP contribution in [-0.4, -0.2) is 41.0 Å². The predicted molar refractivity (Wildman–Crippen MR) is 108 cm³/mol. The lowest BCUT2D eigenvalue weighted by atomic mass is 9.98. The van der Waals surface area contributed by atoms with Gasteiger partial charge in [0.05, 0.1) is 19.9 Å². The lowest BCUT2D eigenvalue weighted by Crippen LogP contribution is -2.34. The normalized spacial score (nSPS) is 13.8. The summed E-state index contributed by atoms with van der Waals surface area (Å²) in [5, 5.41) is 0.371. The molecule has 0 saturated heterocycles. The third-order valence-electron chi connectivity index (χ3n) is 4.94. The molecule has 0 atom stereocenters. The van der Waals surface area contributed by atoms with Gasteiger partial charge in [0.1, 0.15) is 5.65 Å². The monoisotopic (exact) mass is 397 g/mol. The third kappa shape index (κ3) is 3.31. The lowest BCUT2D eigenvalue weighted by molar-refractivity contribution is -0.126. The molecule has 0 saturated carbocycles. The predicted octanol–water partition coefficient (Wildman–Crippen LogP) is 3.60. The summed E-state index contributed by atoms with van der Waals surface area (Å²) in [6.07, 6.45) is 5.91. The average molecular weight is 398 g/mol. The van der Waals surface area contributed by atoms with Crippen LogP contribution in [0, 0.1) is 0 Å². The maximum absolute atomic E-state index is 12.7. The van der Waals surface area contributed by atoms with Crippen LogP contribution in [0.1, 0.15) is 16.8 Å². The topological polar surface area (TPSA) is 56.1 Å². The zero-order valence-corrected chi connectivity index (χ0v) is 16.4. The first-order valence-electron chi connectivity index (χ1n) is 8.94. The smallest absolute Gasteiger partial charge is 0.246 e. The number of ether oxygens (including phenoxy) is 2. The number of hydrogen-bond donors (Lipinski definition) is 0. The number of hydrogen-bond acceptors (Lipinski definition) is 4. The molecule has 28 heavy (non-hydrogen) atoms. The van der Waals surface area contributed by atoms with Gasteiger partial charge in [-0.1, -0.05) is 17.7 Å². The SMILES string of the molecule is COc1cc2c(cc1OC)CN(C(=O)/C=C/c1c(Cl)nc3ccccn13)CC2. The van der Waals surface area contributed by atoms with Gasteiger partial charge in [0, 0.05) is 25.4 Å². The first kappa shape index (κ1) is 18.4. The maximum Gasteiger partial charge on any atom is 0.246 e. The van der Waals surface area contributed by atoms with Crippen molar-refractivity contribution in [2.75, 3.05) is 20.8 Å². The van der Waals surface area contributed by atoms with Gasteiger partial charge in [0.25, 0.3) is 0 Å². The molecule has 1 aromatic carbocycles. The first-order chi connectivity index (χ1) is 13.6. The second kappa shape index (κ2) is 7.56. The number of amides is 1. The van der Waals surface area contributed by atoms with Crippen molar-refractivity contribution in [2.24, 2.45) is 0 Å². The second-order valence-corrected chi connectivity index (χ2v) is 6.89. The molecular formula is C21H20ClN3O3. The van der Waals surface area contributed by atoms with Gasteiger partial charge >= 0.3 is 0 Å². The van der Waals surface area contributed by atoms with Crippen LogP contribution in [0.2, 0.25) is 5.15 Å². The van der Waals surface area contributed by atoms with E-state index in [0.717, 1.165) is 17.6 Å². The van der Waals surface area contributed by atoms with Crippen molar-refractivity contribution in [2.45, 2.75) is 13.0 Å². The summed E-state index contributed by atoms with van der Waals surface area (Å²) in [6.45, 7) is 1.17. The van der Waals surface area contributed by atoms with Crippen molar-refractivity contribution in [3.05, 3.63) is 64.6 Å². The van der Waals surface area contributed by atoms with Crippen LogP contribution in [0.3, 0.4) is 0 Å². The average Bonchev–Trinajstić information content (AvgIpc) is 3.05. The number of methoxy groups -OCH3 is 2. The van der Waals surface area contributed by atoms with E-state index in [2.05, 4.69) is 4.98 Å². The fourth-order valence-corrected chi connectivity index (χ4v) is 3.70. The molecule has 2 aromatic heterocycles. The zero-order chi connectivity index (χ0) is 19.7. The lowest BCUT2D eigenvalue weighted by Gasteiger charge is -2.28. The van der Waals surface area contributed by atoms with Crippen molar-refractivity contribution in [3.63, 3.8) is 0 Å². The van der Waals surface area contributed by atoms with Crippen molar-refractivity contribution in [3.8, 4) is 11.5 Å². The zero-order valence-electron chi connectivity index (χ0n) is 15.7.